The van der Waals surface area contributed by atoms with Crippen LogP contribution >= 0.6 is 0 Å². The highest BCUT2D eigenvalue weighted by atomic mass is 15.4. The molecule has 0 spiro atoms. The number of rotatable bonds is 1. The Morgan fingerprint density at radius 1 is 1.44 bits per heavy atom. The third-order valence-electron chi connectivity index (χ3n) is 3.55. The quantitative estimate of drug-likeness (QED) is 0.789. The molecule has 0 amide bonds. The van der Waals surface area contributed by atoms with Gasteiger partial charge in [-0.05, 0) is 17.8 Å². The second-order valence-electron chi connectivity index (χ2n) is 5.88. The summed E-state index contributed by atoms with van der Waals surface area (Å²) in [6.45, 7) is 9.07. The van der Waals surface area contributed by atoms with Crippen molar-refractivity contribution in [2.75, 3.05) is 23.7 Å². The highest BCUT2D eigenvalue weighted by Crippen LogP contribution is 2.36. The number of nitrogens with zero attached hydrogens (tertiary/aromatic N) is 3. The Hall–Kier alpha value is -1.19. The van der Waals surface area contributed by atoms with Gasteiger partial charge in [-0.15, -0.1) is 0 Å². The Labute approximate surface area is 97.4 Å². The average Bonchev–Trinajstić information content (AvgIpc) is 2.70. The molecule has 0 saturated carbocycles. The lowest BCUT2D eigenvalue weighted by molar-refractivity contribution is 0.263. The van der Waals surface area contributed by atoms with Gasteiger partial charge in [0.2, 0.25) is 0 Å². The monoisotopic (exact) mass is 222 g/mol. The topological polar surface area (TPSA) is 47.1 Å². The number of anilines is 2. The summed E-state index contributed by atoms with van der Waals surface area (Å²) < 4.78 is 1.79. The number of nitrogen functional groups attached to an aromatic ring is 1. The van der Waals surface area contributed by atoms with Crippen molar-refractivity contribution in [3.05, 3.63) is 6.20 Å². The molecule has 1 fully saturated rings. The fraction of sp³-hybridized carbons (Fsp3) is 0.750. The maximum atomic E-state index is 5.95. The van der Waals surface area contributed by atoms with E-state index >= 15 is 0 Å². The molecular weight excluding hydrogens is 200 g/mol. The van der Waals surface area contributed by atoms with Crippen LogP contribution in [0.15, 0.2) is 6.20 Å². The van der Waals surface area contributed by atoms with Gasteiger partial charge in [0.1, 0.15) is 0 Å². The van der Waals surface area contributed by atoms with Crippen molar-refractivity contribution >= 4 is 11.5 Å². The summed E-state index contributed by atoms with van der Waals surface area (Å²) in [7, 11) is 1.91. The first-order valence-corrected chi connectivity index (χ1v) is 5.92. The van der Waals surface area contributed by atoms with Gasteiger partial charge in [0.15, 0.2) is 5.82 Å². The lowest BCUT2D eigenvalue weighted by Crippen LogP contribution is -2.26. The summed E-state index contributed by atoms with van der Waals surface area (Å²) in [6, 6.07) is 0. The van der Waals surface area contributed by atoms with Crippen molar-refractivity contribution in [3.63, 3.8) is 0 Å². The van der Waals surface area contributed by atoms with Crippen LogP contribution in [0.4, 0.5) is 11.5 Å². The van der Waals surface area contributed by atoms with E-state index in [1.54, 1.807) is 4.68 Å². The highest BCUT2D eigenvalue weighted by Gasteiger charge is 2.33. The third-order valence-corrected chi connectivity index (χ3v) is 3.55. The minimum Gasteiger partial charge on any atom is -0.394 e. The minimum atomic E-state index is 0.373. The Morgan fingerprint density at radius 3 is 2.56 bits per heavy atom. The standard InChI is InChI=1S/C12H22N4/c1-12(2,3)9-5-6-16(7-9)11-10(13)8-15(4)14-11/h8-9H,5-7,13H2,1-4H3. The van der Waals surface area contributed by atoms with Gasteiger partial charge in [-0.2, -0.15) is 5.10 Å². The Bertz CT molecular complexity index is 375. The Kier molecular flexibility index (Phi) is 2.60. The smallest absolute Gasteiger partial charge is 0.173 e. The zero-order chi connectivity index (χ0) is 11.9. The lowest BCUT2D eigenvalue weighted by atomic mass is 9.80. The van der Waals surface area contributed by atoms with Crippen LogP contribution in [0.2, 0.25) is 0 Å². The molecule has 0 aliphatic carbocycles. The largest absolute Gasteiger partial charge is 0.394 e. The van der Waals surface area contributed by atoms with Crippen molar-refractivity contribution in [3.8, 4) is 0 Å². The molecule has 16 heavy (non-hydrogen) atoms. The van der Waals surface area contributed by atoms with E-state index in [9.17, 15) is 0 Å². The maximum Gasteiger partial charge on any atom is 0.173 e. The summed E-state index contributed by atoms with van der Waals surface area (Å²) in [4.78, 5) is 2.31. The van der Waals surface area contributed by atoms with Crippen LogP contribution in [0.3, 0.4) is 0 Å². The first-order chi connectivity index (χ1) is 7.38. The second-order valence-corrected chi connectivity index (χ2v) is 5.88. The zero-order valence-electron chi connectivity index (χ0n) is 10.7. The van der Waals surface area contributed by atoms with E-state index in [1.165, 1.54) is 6.42 Å². The molecule has 0 bridgehead atoms. The summed E-state index contributed by atoms with van der Waals surface area (Å²) in [5, 5.41) is 4.43. The molecule has 1 aliphatic heterocycles. The molecule has 1 aromatic rings. The van der Waals surface area contributed by atoms with E-state index < -0.39 is 0 Å². The van der Waals surface area contributed by atoms with E-state index in [0.717, 1.165) is 30.5 Å². The van der Waals surface area contributed by atoms with E-state index in [1.807, 2.05) is 13.2 Å². The summed E-state index contributed by atoms with van der Waals surface area (Å²) in [6.07, 6.45) is 3.11. The molecule has 1 aliphatic rings. The van der Waals surface area contributed by atoms with Crippen LogP contribution in [0.5, 0.6) is 0 Å². The number of nitrogens with two attached hydrogens (primary N) is 1. The number of hydrogen-bond donors (Lipinski definition) is 1. The number of hydrogen-bond acceptors (Lipinski definition) is 3. The summed E-state index contributed by atoms with van der Waals surface area (Å²) in [5.41, 5.74) is 7.11. The van der Waals surface area contributed by atoms with Gasteiger partial charge in [-0.1, -0.05) is 20.8 Å². The molecule has 2 N–H and O–H groups in total. The molecule has 1 atom stereocenters. The van der Waals surface area contributed by atoms with Crippen molar-refractivity contribution in [1.82, 2.24) is 9.78 Å². The lowest BCUT2D eigenvalue weighted by Gasteiger charge is -2.27. The second kappa shape index (κ2) is 3.68. The first-order valence-electron chi connectivity index (χ1n) is 5.92. The van der Waals surface area contributed by atoms with Crippen LogP contribution in [-0.2, 0) is 7.05 Å². The van der Waals surface area contributed by atoms with Crippen LogP contribution in [-0.4, -0.2) is 22.9 Å². The number of aromatic nitrogens is 2. The molecule has 1 unspecified atom stereocenters. The van der Waals surface area contributed by atoms with Crippen molar-refractivity contribution in [1.29, 1.82) is 0 Å². The van der Waals surface area contributed by atoms with E-state index in [0.29, 0.717) is 5.41 Å². The Balaban J connectivity index is 2.12. The van der Waals surface area contributed by atoms with Crippen LogP contribution < -0.4 is 10.6 Å². The SMILES string of the molecule is Cn1cc(N)c(N2CCC(C(C)(C)C)C2)n1. The van der Waals surface area contributed by atoms with Gasteiger partial charge < -0.3 is 10.6 Å². The van der Waals surface area contributed by atoms with Gasteiger partial charge >= 0.3 is 0 Å². The molecule has 0 radical (unpaired) electrons. The summed E-state index contributed by atoms with van der Waals surface area (Å²) in [5.74, 6) is 1.68. The van der Waals surface area contributed by atoms with Crippen molar-refractivity contribution in [2.45, 2.75) is 27.2 Å². The molecule has 1 aromatic heterocycles. The van der Waals surface area contributed by atoms with Gasteiger partial charge in [0.25, 0.3) is 0 Å². The summed E-state index contributed by atoms with van der Waals surface area (Å²) >= 11 is 0. The third kappa shape index (κ3) is 2.01. The van der Waals surface area contributed by atoms with Crippen molar-refractivity contribution < 1.29 is 0 Å². The zero-order valence-corrected chi connectivity index (χ0v) is 10.7. The molecule has 90 valence electrons. The fourth-order valence-electron chi connectivity index (χ4n) is 2.40. The van der Waals surface area contributed by atoms with E-state index in [-0.39, 0.29) is 0 Å². The molecule has 0 aromatic carbocycles. The van der Waals surface area contributed by atoms with Crippen LogP contribution in [0.25, 0.3) is 0 Å². The minimum absolute atomic E-state index is 0.373. The Morgan fingerprint density at radius 2 is 2.12 bits per heavy atom. The van der Waals surface area contributed by atoms with E-state index in [2.05, 4.69) is 30.8 Å². The normalized spacial score (nSPS) is 21.8. The molecule has 1 saturated heterocycles. The molecule has 4 nitrogen and oxygen atoms in total. The maximum absolute atomic E-state index is 5.95. The van der Waals surface area contributed by atoms with Crippen LogP contribution in [0, 0.1) is 11.3 Å². The van der Waals surface area contributed by atoms with Crippen LogP contribution in [0.1, 0.15) is 27.2 Å². The van der Waals surface area contributed by atoms with Crippen molar-refractivity contribution in [2.24, 2.45) is 18.4 Å². The molecule has 4 heteroatoms. The van der Waals surface area contributed by atoms with Gasteiger partial charge in [-0.25, -0.2) is 0 Å². The molecular formula is C12H22N4. The van der Waals surface area contributed by atoms with Gasteiger partial charge in [-0.3, -0.25) is 4.68 Å². The predicted octanol–water partition coefficient (Wildman–Crippen LogP) is 1.87. The average molecular weight is 222 g/mol. The van der Waals surface area contributed by atoms with E-state index in [4.69, 9.17) is 5.73 Å². The highest BCUT2D eigenvalue weighted by molar-refractivity contribution is 5.62. The fourth-order valence-corrected chi connectivity index (χ4v) is 2.40. The first kappa shape index (κ1) is 11.3. The van der Waals surface area contributed by atoms with Gasteiger partial charge in [0, 0.05) is 26.3 Å². The van der Waals surface area contributed by atoms with Gasteiger partial charge in [0.05, 0.1) is 5.69 Å². The molecule has 2 heterocycles. The predicted molar refractivity (Wildman–Crippen MR) is 67.4 cm³/mol. The number of aryl methyl sites for hydroxylation is 1. The molecule has 2 rings (SSSR count).